The second-order valence-electron chi connectivity index (χ2n) is 5.25. The maximum Gasteiger partial charge on any atom is 0.336 e. The highest BCUT2D eigenvalue weighted by Crippen LogP contribution is 2.34. The predicted octanol–water partition coefficient (Wildman–Crippen LogP) is 3.76. The lowest BCUT2D eigenvalue weighted by atomic mass is 10.1. The second-order valence-corrected chi connectivity index (χ2v) is 6.24. The van der Waals surface area contributed by atoms with E-state index in [1.165, 1.54) is 30.3 Å². The minimum Gasteiger partial charge on any atom is -0.478 e. The number of benzene rings is 2. The zero-order chi connectivity index (χ0) is 18.0. The van der Waals surface area contributed by atoms with Gasteiger partial charge in [0.25, 0.3) is 11.1 Å². The van der Waals surface area contributed by atoms with Crippen molar-refractivity contribution in [3.8, 4) is 0 Å². The van der Waals surface area contributed by atoms with Crippen LogP contribution in [0.2, 0.25) is 0 Å². The molecule has 0 atom stereocenters. The molecule has 25 heavy (non-hydrogen) atoms. The Morgan fingerprint density at radius 2 is 1.80 bits per heavy atom. The molecule has 1 aliphatic heterocycles. The molecule has 2 aromatic rings. The molecule has 1 aliphatic rings. The van der Waals surface area contributed by atoms with Crippen molar-refractivity contribution in [2.24, 2.45) is 0 Å². The molecule has 0 aromatic heterocycles. The summed E-state index contributed by atoms with van der Waals surface area (Å²) < 4.78 is 13.7. The molecular weight excluding hydrogens is 345 g/mol. The number of amides is 2. The minimum absolute atomic E-state index is 0.0309. The molecule has 1 fully saturated rings. The van der Waals surface area contributed by atoms with Gasteiger partial charge in [0.2, 0.25) is 0 Å². The highest BCUT2D eigenvalue weighted by atomic mass is 32.2. The monoisotopic (exact) mass is 357 g/mol. The van der Waals surface area contributed by atoms with E-state index in [2.05, 4.69) is 0 Å². The van der Waals surface area contributed by atoms with Crippen molar-refractivity contribution in [1.29, 1.82) is 0 Å². The van der Waals surface area contributed by atoms with Crippen LogP contribution in [0, 0.1) is 5.82 Å². The van der Waals surface area contributed by atoms with Gasteiger partial charge in [0.1, 0.15) is 5.82 Å². The van der Waals surface area contributed by atoms with Crippen LogP contribution >= 0.6 is 11.8 Å². The van der Waals surface area contributed by atoms with Crippen LogP contribution in [0.25, 0.3) is 6.08 Å². The Morgan fingerprint density at radius 3 is 2.52 bits per heavy atom. The van der Waals surface area contributed by atoms with Gasteiger partial charge >= 0.3 is 5.97 Å². The number of thioether (sulfide) groups is 1. The Labute approximate surface area is 146 Å². The topological polar surface area (TPSA) is 74.7 Å². The van der Waals surface area contributed by atoms with Crippen molar-refractivity contribution >= 4 is 35.0 Å². The molecule has 1 N–H and O–H groups in total. The number of aromatic carboxylic acids is 1. The van der Waals surface area contributed by atoms with E-state index < -0.39 is 22.9 Å². The van der Waals surface area contributed by atoms with E-state index in [0.717, 1.165) is 4.90 Å². The molecule has 2 amide bonds. The van der Waals surface area contributed by atoms with Gasteiger partial charge in [0, 0.05) is 5.56 Å². The summed E-state index contributed by atoms with van der Waals surface area (Å²) in [5.74, 6) is -2.20. The Bertz CT molecular complexity index is 909. The Morgan fingerprint density at radius 1 is 1.12 bits per heavy atom. The number of rotatable bonds is 4. The summed E-state index contributed by atoms with van der Waals surface area (Å²) in [6.07, 6.45) is 1.37. The number of imide groups is 1. The average Bonchev–Trinajstić information content (AvgIpc) is 2.84. The maximum atomic E-state index is 13.7. The zero-order valence-corrected chi connectivity index (χ0v) is 13.6. The normalized spacial score (nSPS) is 15.9. The summed E-state index contributed by atoms with van der Waals surface area (Å²) in [7, 11) is 0. The van der Waals surface area contributed by atoms with Gasteiger partial charge in [-0.2, -0.15) is 0 Å². The van der Waals surface area contributed by atoms with Crippen LogP contribution in [0.15, 0.2) is 53.4 Å². The van der Waals surface area contributed by atoms with Crippen molar-refractivity contribution in [1.82, 2.24) is 4.90 Å². The number of nitrogens with zero attached hydrogens (tertiary/aromatic N) is 1. The van der Waals surface area contributed by atoms with Crippen molar-refractivity contribution < 1.29 is 23.9 Å². The van der Waals surface area contributed by atoms with E-state index in [1.54, 1.807) is 24.3 Å². The summed E-state index contributed by atoms with van der Waals surface area (Å²) in [6, 6.07) is 12.1. The average molecular weight is 357 g/mol. The van der Waals surface area contributed by atoms with E-state index in [0.29, 0.717) is 17.3 Å². The van der Waals surface area contributed by atoms with Crippen molar-refractivity contribution in [2.45, 2.75) is 6.54 Å². The first-order valence-electron chi connectivity index (χ1n) is 7.28. The van der Waals surface area contributed by atoms with Gasteiger partial charge < -0.3 is 5.11 Å². The number of carbonyl (C=O) groups is 3. The van der Waals surface area contributed by atoms with Crippen LogP contribution < -0.4 is 0 Å². The maximum absolute atomic E-state index is 13.7. The standard InChI is InChI=1S/C18H12FNO4S/c19-14-8-4-2-6-12(14)10-20-16(21)15(25-18(20)24)9-11-5-1-3-7-13(11)17(22)23/h1-9H,10H2,(H,22,23)/b15-9-. The molecule has 7 heteroatoms. The molecule has 0 aliphatic carbocycles. The van der Waals surface area contributed by atoms with Crippen molar-refractivity contribution in [3.63, 3.8) is 0 Å². The van der Waals surface area contributed by atoms with E-state index in [-0.39, 0.29) is 22.6 Å². The molecule has 0 unspecified atom stereocenters. The molecular formula is C18H12FNO4S. The molecule has 0 bridgehead atoms. The molecule has 1 heterocycles. The molecule has 0 spiro atoms. The molecule has 0 radical (unpaired) electrons. The lowest BCUT2D eigenvalue weighted by molar-refractivity contribution is -0.123. The van der Waals surface area contributed by atoms with Crippen LogP contribution in [0.3, 0.4) is 0 Å². The Hall–Kier alpha value is -2.93. The van der Waals surface area contributed by atoms with Crippen LogP contribution in [0.5, 0.6) is 0 Å². The van der Waals surface area contributed by atoms with Crippen LogP contribution in [0.4, 0.5) is 9.18 Å². The van der Waals surface area contributed by atoms with Crippen LogP contribution in [-0.4, -0.2) is 27.1 Å². The van der Waals surface area contributed by atoms with Gasteiger partial charge in [-0.05, 0) is 35.5 Å². The van der Waals surface area contributed by atoms with E-state index >= 15 is 0 Å². The quantitative estimate of drug-likeness (QED) is 0.844. The second kappa shape index (κ2) is 6.90. The summed E-state index contributed by atoms with van der Waals surface area (Å²) in [5, 5.41) is 8.67. The first-order chi connectivity index (χ1) is 12.0. The van der Waals surface area contributed by atoms with Crippen LogP contribution in [0.1, 0.15) is 21.5 Å². The summed E-state index contributed by atoms with van der Waals surface area (Å²) >= 11 is 0.705. The fourth-order valence-corrected chi connectivity index (χ4v) is 3.22. The predicted molar refractivity (Wildman–Crippen MR) is 91.3 cm³/mol. The van der Waals surface area contributed by atoms with Gasteiger partial charge in [-0.3, -0.25) is 14.5 Å². The van der Waals surface area contributed by atoms with Gasteiger partial charge in [-0.25, -0.2) is 9.18 Å². The lowest BCUT2D eigenvalue weighted by Crippen LogP contribution is -2.27. The molecule has 3 rings (SSSR count). The van der Waals surface area contributed by atoms with Crippen molar-refractivity contribution in [3.05, 3.63) is 75.9 Å². The van der Waals surface area contributed by atoms with Gasteiger partial charge in [-0.1, -0.05) is 36.4 Å². The largest absolute Gasteiger partial charge is 0.478 e. The third kappa shape index (κ3) is 3.46. The number of hydrogen-bond acceptors (Lipinski definition) is 4. The highest BCUT2D eigenvalue weighted by Gasteiger charge is 2.35. The molecule has 5 nitrogen and oxygen atoms in total. The third-order valence-electron chi connectivity index (χ3n) is 3.64. The first kappa shape index (κ1) is 16.9. The number of hydrogen-bond donors (Lipinski definition) is 1. The Kier molecular flexibility index (Phi) is 4.67. The van der Waals surface area contributed by atoms with Gasteiger partial charge in [-0.15, -0.1) is 0 Å². The first-order valence-corrected chi connectivity index (χ1v) is 8.10. The fourth-order valence-electron chi connectivity index (χ4n) is 2.39. The Balaban J connectivity index is 1.89. The van der Waals surface area contributed by atoms with Crippen LogP contribution in [-0.2, 0) is 11.3 Å². The fraction of sp³-hybridized carbons (Fsp3) is 0.0556. The smallest absolute Gasteiger partial charge is 0.336 e. The van der Waals surface area contributed by atoms with Gasteiger partial charge in [0.05, 0.1) is 17.0 Å². The lowest BCUT2D eigenvalue weighted by Gasteiger charge is -2.12. The highest BCUT2D eigenvalue weighted by molar-refractivity contribution is 8.18. The number of carboxylic acids is 1. The summed E-state index contributed by atoms with van der Waals surface area (Å²) in [6.45, 7) is -0.171. The molecule has 1 saturated heterocycles. The summed E-state index contributed by atoms with van der Waals surface area (Å²) in [4.78, 5) is 36.9. The third-order valence-corrected chi connectivity index (χ3v) is 4.55. The molecule has 2 aromatic carbocycles. The summed E-state index contributed by atoms with van der Waals surface area (Å²) in [5.41, 5.74) is 0.590. The number of carbonyl (C=O) groups excluding carboxylic acids is 2. The molecule has 126 valence electrons. The zero-order valence-electron chi connectivity index (χ0n) is 12.8. The van der Waals surface area contributed by atoms with E-state index in [4.69, 9.17) is 0 Å². The van der Waals surface area contributed by atoms with Gasteiger partial charge in [0.15, 0.2) is 0 Å². The van der Waals surface area contributed by atoms with E-state index in [1.807, 2.05) is 0 Å². The molecule has 0 saturated carbocycles. The van der Waals surface area contributed by atoms with E-state index in [9.17, 15) is 23.9 Å². The SMILES string of the molecule is O=C(O)c1ccccc1/C=C1\SC(=O)N(Cc2ccccc2F)C1=O. The number of halogens is 1. The van der Waals surface area contributed by atoms with Crippen molar-refractivity contribution in [2.75, 3.05) is 0 Å². The number of carboxylic acid groups (broad SMARTS) is 1. The minimum atomic E-state index is -1.13.